The highest BCUT2D eigenvalue weighted by Gasteiger charge is 2.21. The van der Waals surface area contributed by atoms with E-state index in [9.17, 15) is 19.5 Å². The van der Waals surface area contributed by atoms with Gasteiger partial charge in [0.05, 0.1) is 40.3 Å². The number of esters is 2. The molecule has 2 unspecified atom stereocenters. The summed E-state index contributed by atoms with van der Waals surface area (Å²) in [5.41, 5.74) is 0. The fourth-order valence-electron chi connectivity index (χ4n) is 4.90. The SMILES string of the molecule is CC/C=C\C/C=C\C/C=C\C/C=C\C/C=C\CCCC(=O)OC(COC(=O)CCCCCCC/C=C\C/C=C\CCC)COC(OCC[N+](C)(C)C)C(=O)[O-]. The number of unbranched alkanes of at least 4 members (excludes halogenated alkanes) is 7. The first-order valence-electron chi connectivity index (χ1n) is 20.7. The van der Waals surface area contributed by atoms with Crippen LogP contribution in [0.3, 0.4) is 0 Å². The molecule has 0 aromatic rings. The summed E-state index contributed by atoms with van der Waals surface area (Å²) in [5, 5.41) is 11.7. The topological polar surface area (TPSA) is 111 Å². The standard InChI is InChI=1S/C46H75NO8/c1-6-8-10-12-14-16-18-20-21-22-23-25-27-29-31-33-35-37-44(49)55-42(41-54-46(45(50)51)52-39-38-47(3,4)5)40-53-43(48)36-34-32-30-28-26-24-19-17-15-13-11-9-7-2/h8,10-11,13-14,16-17,19-21,23,25,29,31,42,46H,6-7,9,12,15,18,22,24,26-28,30,32-41H2,1-5H3/b10-8-,13-11-,16-14-,19-17-,21-20-,25-23-,31-29-. The molecule has 0 heterocycles. The van der Waals surface area contributed by atoms with E-state index in [1.807, 2.05) is 27.2 Å². The molecular formula is C46H75NO8. The first-order valence-corrected chi connectivity index (χ1v) is 20.7. The molecule has 0 spiro atoms. The van der Waals surface area contributed by atoms with Crippen molar-refractivity contribution in [3.8, 4) is 0 Å². The predicted octanol–water partition coefficient (Wildman–Crippen LogP) is 9.21. The summed E-state index contributed by atoms with van der Waals surface area (Å²) in [6, 6.07) is 0. The summed E-state index contributed by atoms with van der Waals surface area (Å²) in [7, 11) is 5.87. The Labute approximate surface area is 334 Å². The number of aliphatic carboxylic acids is 1. The normalized spacial score (nSPS) is 13.8. The van der Waals surface area contributed by atoms with Crippen LogP contribution in [0.4, 0.5) is 0 Å². The fourth-order valence-corrected chi connectivity index (χ4v) is 4.90. The Morgan fingerprint density at radius 2 is 1.05 bits per heavy atom. The molecule has 55 heavy (non-hydrogen) atoms. The number of quaternary nitrogens is 1. The van der Waals surface area contributed by atoms with Crippen molar-refractivity contribution in [2.24, 2.45) is 0 Å². The number of carboxylic acid groups (broad SMARTS) is 1. The summed E-state index contributed by atoms with van der Waals surface area (Å²) in [6.45, 7) is 4.43. The molecule has 0 aromatic heterocycles. The molecule has 0 N–H and O–H groups in total. The number of rotatable bonds is 36. The zero-order valence-corrected chi connectivity index (χ0v) is 35.0. The van der Waals surface area contributed by atoms with Crippen LogP contribution in [0.25, 0.3) is 0 Å². The smallest absolute Gasteiger partial charge is 0.306 e. The van der Waals surface area contributed by atoms with Gasteiger partial charge in [0.2, 0.25) is 0 Å². The van der Waals surface area contributed by atoms with Gasteiger partial charge in [0.1, 0.15) is 13.2 Å². The Morgan fingerprint density at radius 3 is 1.60 bits per heavy atom. The van der Waals surface area contributed by atoms with Crippen molar-refractivity contribution >= 4 is 17.9 Å². The van der Waals surface area contributed by atoms with Crippen LogP contribution in [-0.4, -0.2) is 82.3 Å². The molecule has 2 atom stereocenters. The molecule has 0 saturated heterocycles. The van der Waals surface area contributed by atoms with E-state index in [-0.39, 0.29) is 32.7 Å². The second kappa shape index (κ2) is 37.4. The van der Waals surface area contributed by atoms with Crippen molar-refractivity contribution in [3.05, 3.63) is 85.1 Å². The molecule has 0 aromatic carbocycles. The van der Waals surface area contributed by atoms with Gasteiger partial charge < -0.3 is 33.3 Å². The lowest BCUT2D eigenvalue weighted by atomic mass is 10.1. The third kappa shape index (κ3) is 38.5. The number of hydrogen-bond donors (Lipinski definition) is 0. The van der Waals surface area contributed by atoms with Gasteiger partial charge in [0.15, 0.2) is 12.4 Å². The minimum absolute atomic E-state index is 0.130. The molecule has 9 nitrogen and oxygen atoms in total. The maximum absolute atomic E-state index is 12.7. The Bertz CT molecular complexity index is 1170. The molecule has 0 rings (SSSR count). The van der Waals surface area contributed by atoms with E-state index in [1.165, 1.54) is 6.42 Å². The molecule has 312 valence electrons. The number of carbonyl (C=O) groups is 3. The molecule has 0 aliphatic heterocycles. The molecule has 0 amide bonds. The Morgan fingerprint density at radius 1 is 0.564 bits per heavy atom. The van der Waals surface area contributed by atoms with Crippen LogP contribution >= 0.6 is 0 Å². The van der Waals surface area contributed by atoms with Crippen molar-refractivity contribution in [2.75, 3.05) is 47.5 Å². The van der Waals surface area contributed by atoms with Crippen LogP contribution in [0.1, 0.15) is 129 Å². The van der Waals surface area contributed by atoms with Gasteiger partial charge in [0.25, 0.3) is 0 Å². The maximum Gasteiger partial charge on any atom is 0.306 e. The van der Waals surface area contributed by atoms with E-state index in [0.29, 0.717) is 30.3 Å². The first-order chi connectivity index (χ1) is 26.6. The quantitative estimate of drug-likeness (QED) is 0.0204. The summed E-state index contributed by atoms with van der Waals surface area (Å²) < 4.78 is 22.4. The van der Waals surface area contributed by atoms with Crippen molar-refractivity contribution in [1.29, 1.82) is 0 Å². The van der Waals surface area contributed by atoms with Gasteiger partial charge in [0, 0.05) is 12.8 Å². The summed E-state index contributed by atoms with van der Waals surface area (Å²) in [6.07, 6.45) is 43.4. The largest absolute Gasteiger partial charge is 0.545 e. The number of likely N-dealkylation sites (N-methyl/N-ethyl adjacent to an activating group) is 1. The maximum atomic E-state index is 12.7. The van der Waals surface area contributed by atoms with Gasteiger partial charge in [-0.05, 0) is 77.0 Å². The van der Waals surface area contributed by atoms with E-state index in [1.54, 1.807) is 0 Å². The van der Waals surface area contributed by atoms with E-state index in [4.69, 9.17) is 18.9 Å². The summed E-state index contributed by atoms with van der Waals surface area (Å²) >= 11 is 0. The van der Waals surface area contributed by atoms with Gasteiger partial charge in [-0.25, -0.2) is 0 Å². The van der Waals surface area contributed by atoms with Gasteiger partial charge in [-0.1, -0.05) is 125 Å². The van der Waals surface area contributed by atoms with Crippen molar-refractivity contribution < 1.29 is 42.9 Å². The highest BCUT2D eigenvalue weighted by atomic mass is 16.7. The van der Waals surface area contributed by atoms with Crippen molar-refractivity contribution in [2.45, 2.75) is 142 Å². The average Bonchev–Trinajstić information content (AvgIpc) is 3.14. The minimum atomic E-state index is -1.64. The minimum Gasteiger partial charge on any atom is -0.545 e. The summed E-state index contributed by atoms with van der Waals surface area (Å²) in [5.74, 6) is -2.40. The zero-order chi connectivity index (χ0) is 40.7. The van der Waals surface area contributed by atoms with Gasteiger partial charge >= 0.3 is 11.9 Å². The third-order valence-corrected chi connectivity index (χ3v) is 8.11. The number of hydrogen-bond acceptors (Lipinski definition) is 8. The van der Waals surface area contributed by atoms with E-state index in [0.717, 1.165) is 77.0 Å². The molecule has 0 radical (unpaired) electrons. The monoisotopic (exact) mass is 770 g/mol. The molecule has 0 aliphatic carbocycles. The van der Waals surface area contributed by atoms with Crippen LogP contribution in [0, 0.1) is 0 Å². The Hall–Kier alpha value is -3.53. The highest BCUT2D eigenvalue weighted by molar-refractivity contribution is 5.70. The lowest BCUT2D eigenvalue weighted by molar-refractivity contribution is -0.870. The van der Waals surface area contributed by atoms with E-state index >= 15 is 0 Å². The van der Waals surface area contributed by atoms with Crippen LogP contribution < -0.4 is 5.11 Å². The van der Waals surface area contributed by atoms with Gasteiger partial charge in [-0.15, -0.1) is 0 Å². The Kier molecular flexibility index (Phi) is 35.0. The lowest BCUT2D eigenvalue weighted by Gasteiger charge is -2.26. The lowest BCUT2D eigenvalue weighted by Crippen LogP contribution is -2.44. The number of carboxylic acids is 1. The number of allylic oxidation sites excluding steroid dienone is 14. The summed E-state index contributed by atoms with van der Waals surface area (Å²) in [4.78, 5) is 36.8. The molecule has 9 heteroatoms. The number of carbonyl (C=O) groups excluding carboxylic acids is 3. The van der Waals surface area contributed by atoms with E-state index in [2.05, 4.69) is 92.8 Å². The van der Waals surface area contributed by atoms with Crippen LogP contribution in [0.2, 0.25) is 0 Å². The molecule has 0 fully saturated rings. The average molecular weight is 770 g/mol. The second-order valence-electron chi connectivity index (χ2n) is 14.5. The zero-order valence-electron chi connectivity index (χ0n) is 35.0. The van der Waals surface area contributed by atoms with Crippen molar-refractivity contribution in [1.82, 2.24) is 0 Å². The molecular weight excluding hydrogens is 695 g/mol. The van der Waals surface area contributed by atoms with E-state index < -0.39 is 30.3 Å². The first kappa shape index (κ1) is 51.5. The van der Waals surface area contributed by atoms with Crippen molar-refractivity contribution in [3.63, 3.8) is 0 Å². The molecule has 0 saturated carbocycles. The predicted molar refractivity (Wildman–Crippen MR) is 223 cm³/mol. The third-order valence-electron chi connectivity index (χ3n) is 8.11. The fraction of sp³-hybridized carbons (Fsp3) is 0.630. The molecule has 0 bridgehead atoms. The Balaban J connectivity index is 4.64. The van der Waals surface area contributed by atoms with Crippen LogP contribution in [0.15, 0.2) is 85.1 Å². The second-order valence-corrected chi connectivity index (χ2v) is 14.5. The number of nitrogens with zero attached hydrogens (tertiary/aromatic N) is 1. The van der Waals surface area contributed by atoms with Gasteiger partial charge in [-0.3, -0.25) is 9.59 Å². The number of ether oxygens (including phenoxy) is 4. The molecule has 0 aliphatic rings. The van der Waals surface area contributed by atoms with Crippen LogP contribution in [-0.2, 0) is 33.3 Å². The van der Waals surface area contributed by atoms with Crippen LogP contribution in [0.5, 0.6) is 0 Å². The highest BCUT2D eigenvalue weighted by Crippen LogP contribution is 2.11. The van der Waals surface area contributed by atoms with Gasteiger partial charge in [-0.2, -0.15) is 0 Å².